The average molecular weight is 513 g/mol. The molecule has 0 saturated carbocycles. The maximum Gasteiger partial charge on any atom is 0.260 e. The second-order valence-electron chi connectivity index (χ2n) is 7.92. The third-order valence-electron chi connectivity index (χ3n) is 5.31. The van der Waals surface area contributed by atoms with Gasteiger partial charge in [0, 0.05) is 18.5 Å². The van der Waals surface area contributed by atoms with Gasteiger partial charge in [-0.1, -0.05) is 35.6 Å². The number of carbonyl (C=O) groups is 1. The van der Waals surface area contributed by atoms with Crippen molar-refractivity contribution in [1.29, 1.82) is 0 Å². The number of likely N-dealkylation sites (N-methyl/N-ethyl adjacent to an activating group) is 1. The Morgan fingerprint density at radius 3 is 2.56 bits per heavy atom. The van der Waals surface area contributed by atoms with Crippen LogP contribution in [0.2, 0.25) is 0 Å². The third-order valence-corrected chi connectivity index (χ3v) is 7.24. The molecule has 0 spiro atoms. The molecule has 0 atom stereocenters. The average Bonchev–Trinajstić information content (AvgIpc) is 3.48. The van der Waals surface area contributed by atoms with Crippen LogP contribution in [0, 0.1) is 5.82 Å². The van der Waals surface area contributed by atoms with E-state index in [4.69, 9.17) is 4.98 Å². The van der Waals surface area contributed by atoms with Gasteiger partial charge in [-0.05, 0) is 55.9 Å². The van der Waals surface area contributed by atoms with Crippen molar-refractivity contribution in [3.05, 3.63) is 77.4 Å². The minimum atomic E-state index is -0.315. The molecule has 0 unspecified atom stereocenters. The molecule has 5 rings (SSSR count). The summed E-state index contributed by atoms with van der Waals surface area (Å²) in [6.45, 7) is 1.12. The largest absolute Gasteiger partial charge is 0.308 e. The molecule has 5 nitrogen and oxygen atoms in total. The Morgan fingerprint density at radius 1 is 0.971 bits per heavy atom. The summed E-state index contributed by atoms with van der Waals surface area (Å²) in [7, 11) is 3.93. The van der Waals surface area contributed by atoms with Crippen molar-refractivity contribution in [3.8, 4) is 10.6 Å². The van der Waals surface area contributed by atoms with E-state index < -0.39 is 0 Å². The molecule has 0 fully saturated rings. The monoisotopic (exact) mass is 512 g/mol. The number of halogens is 2. The van der Waals surface area contributed by atoms with Gasteiger partial charge in [0.15, 0.2) is 5.13 Å². The van der Waals surface area contributed by atoms with Gasteiger partial charge in [-0.15, -0.1) is 23.7 Å². The van der Waals surface area contributed by atoms with E-state index in [1.165, 1.54) is 23.5 Å². The normalized spacial score (nSPS) is 11.2. The molecule has 0 bridgehead atoms. The Labute approximate surface area is 210 Å². The number of fused-ring (bicyclic) bond motifs is 2. The molecule has 2 aromatic carbocycles. The van der Waals surface area contributed by atoms with E-state index in [-0.39, 0.29) is 24.1 Å². The van der Waals surface area contributed by atoms with E-state index in [1.807, 2.05) is 66.8 Å². The van der Waals surface area contributed by atoms with E-state index in [1.54, 1.807) is 22.3 Å². The zero-order chi connectivity index (χ0) is 22.9. The topological polar surface area (TPSA) is 49.3 Å². The van der Waals surface area contributed by atoms with E-state index in [9.17, 15) is 9.18 Å². The van der Waals surface area contributed by atoms with Crippen molar-refractivity contribution in [1.82, 2.24) is 14.9 Å². The van der Waals surface area contributed by atoms with Crippen LogP contribution in [0.4, 0.5) is 9.52 Å². The Balaban J connectivity index is 0.00000274. The highest BCUT2D eigenvalue weighted by molar-refractivity contribution is 7.22. The summed E-state index contributed by atoms with van der Waals surface area (Å²) in [5.41, 5.74) is 2.79. The van der Waals surface area contributed by atoms with Crippen molar-refractivity contribution in [2.75, 3.05) is 32.1 Å². The lowest BCUT2D eigenvalue weighted by molar-refractivity contribution is 0.0986. The summed E-state index contributed by atoms with van der Waals surface area (Å²) in [4.78, 5) is 28.2. The molecule has 0 aliphatic heterocycles. The minimum absolute atomic E-state index is 0. The van der Waals surface area contributed by atoms with Crippen molar-refractivity contribution in [2.45, 2.75) is 0 Å². The van der Waals surface area contributed by atoms with Crippen LogP contribution in [0.25, 0.3) is 31.7 Å². The summed E-state index contributed by atoms with van der Waals surface area (Å²) in [5.74, 6) is -0.461. The van der Waals surface area contributed by atoms with Crippen LogP contribution in [0.3, 0.4) is 0 Å². The Morgan fingerprint density at radius 2 is 1.79 bits per heavy atom. The number of aromatic nitrogens is 2. The number of anilines is 1. The number of carbonyl (C=O) groups excluding carboxylic acids is 1. The van der Waals surface area contributed by atoms with Gasteiger partial charge >= 0.3 is 0 Å². The van der Waals surface area contributed by atoms with Crippen LogP contribution in [0.15, 0.2) is 66.0 Å². The number of nitrogens with zero attached hydrogens (tertiary/aromatic N) is 4. The number of benzene rings is 2. The molecule has 3 aromatic heterocycles. The second-order valence-corrected chi connectivity index (χ2v) is 9.87. The summed E-state index contributed by atoms with van der Waals surface area (Å²) in [6.07, 6.45) is 0. The molecule has 3 heterocycles. The zero-order valence-electron chi connectivity index (χ0n) is 18.6. The molecule has 5 aromatic rings. The number of thiazole rings is 1. The number of hydrogen-bond donors (Lipinski definition) is 0. The van der Waals surface area contributed by atoms with Gasteiger partial charge in [-0.3, -0.25) is 9.69 Å². The second kappa shape index (κ2) is 10.1. The van der Waals surface area contributed by atoms with Crippen molar-refractivity contribution in [3.63, 3.8) is 0 Å². The third kappa shape index (κ3) is 4.81. The first-order valence-corrected chi connectivity index (χ1v) is 12.2. The van der Waals surface area contributed by atoms with Gasteiger partial charge in [0.05, 0.1) is 31.9 Å². The number of amides is 1. The molecule has 1 amide bonds. The van der Waals surface area contributed by atoms with E-state index >= 15 is 0 Å². The van der Waals surface area contributed by atoms with Crippen LogP contribution in [-0.2, 0) is 0 Å². The van der Waals surface area contributed by atoms with Crippen LogP contribution in [-0.4, -0.2) is 48.0 Å². The van der Waals surface area contributed by atoms with Gasteiger partial charge in [-0.2, -0.15) is 0 Å². The van der Waals surface area contributed by atoms with E-state index in [0.717, 1.165) is 21.5 Å². The number of hydrogen-bond acceptors (Lipinski definition) is 6. The van der Waals surface area contributed by atoms with Gasteiger partial charge in [0.25, 0.3) is 5.91 Å². The highest BCUT2D eigenvalue weighted by Gasteiger charge is 2.24. The standard InChI is InChI=1S/C25H21FN4OS2.ClH/c1-29(2)11-12-30(25-28-20-10-9-16(26)14-23(20)33-25)24(31)18-15-21(22-8-5-13-32-22)27-19-7-4-3-6-17(18)19;/h3-10,13-15H,11-12H2,1-2H3;1H. The fourth-order valence-electron chi connectivity index (χ4n) is 3.63. The lowest BCUT2D eigenvalue weighted by Gasteiger charge is -2.23. The van der Waals surface area contributed by atoms with E-state index in [2.05, 4.69) is 4.98 Å². The fourth-order valence-corrected chi connectivity index (χ4v) is 5.34. The molecule has 9 heteroatoms. The maximum atomic E-state index is 14.0. The molecule has 174 valence electrons. The summed E-state index contributed by atoms with van der Waals surface area (Å²) in [6, 6.07) is 18.0. The molecule has 0 radical (unpaired) electrons. The number of thiophene rings is 1. The minimum Gasteiger partial charge on any atom is -0.308 e. The van der Waals surface area contributed by atoms with Gasteiger partial charge in [0.2, 0.25) is 0 Å². The molecule has 0 aliphatic carbocycles. The Hall–Kier alpha value is -2.91. The van der Waals surface area contributed by atoms with E-state index in [0.29, 0.717) is 34.0 Å². The van der Waals surface area contributed by atoms with Crippen LogP contribution >= 0.6 is 35.1 Å². The number of pyridine rings is 1. The molecule has 34 heavy (non-hydrogen) atoms. The SMILES string of the molecule is CN(C)CCN(C(=O)c1cc(-c2cccs2)nc2ccccc12)c1nc2ccc(F)cc2s1.Cl. The quantitative estimate of drug-likeness (QED) is 0.266. The predicted octanol–water partition coefficient (Wildman–Crippen LogP) is 6.34. The zero-order valence-corrected chi connectivity index (χ0v) is 21.0. The summed E-state index contributed by atoms with van der Waals surface area (Å²) < 4.78 is 14.5. The molecule has 0 N–H and O–H groups in total. The number of rotatable bonds is 6. The smallest absolute Gasteiger partial charge is 0.260 e. The molecule has 0 saturated heterocycles. The first-order chi connectivity index (χ1) is 16.0. The highest BCUT2D eigenvalue weighted by atomic mass is 35.5. The van der Waals surface area contributed by atoms with Gasteiger partial charge < -0.3 is 4.90 Å². The summed E-state index contributed by atoms with van der Waals surface area (Å²) >= 11 is 2.91. The molecule has 0 aliphatic rings. The van der Waals surface area contributed by atoms with Gasteiger partial charge in [0.1, 0.15) is 5.82 Å². The van der Waals surface area contributed by atoms with Crippen LogP contribution in [0.1, 0.15) is 10.4 Å². The van der Waals surface area contributed by atoms with Crippen molar-refractivity contribution >= 4 is 67.2 Å². The Kier molecular flexibility index (Phi) is 7.23. The lowest BCUT2D eigenvalue weighted by atomic mass is 10.1. The summed E-state index contributed by atoms with van der Waals surface area (Å²) in [5, 5.41) is 3.35. The van der Waals surface area contributed by atoms with Crippen molar-refractivity contribution < 1.29 is 9.18 Å². The predicted molar refractivity (Wildman–Crippen MR) is 142 cm³/mol. The highest BCUT2D eigenvalue weighted by Crippen LogP contribution is 2.33. The molecular formula is C25H22ClFN4OS2. The van der Waals surface area contributed by atoms with Gasteiger partial charge in [-0.25, -0.2) is 14.4 Å². The van der Waals surface area contributed by atoms with Crippen LogP contribution < -0.4 is 4.90 Å². The maximum absolute atomic E-state index is 14.0. The molecular weight excluding hydrogens is 491 g/mol. The Bertz CT molecular complexity index is 1450. The van der Waals surface area contributed by atoms with Crippen LogP contribution in [0.5, 0.6) is 0 Å². The number of para-hydroxylation sites is 1. The first kappa shape index (κ1) is 24.2. The first-order valence-electron chi connectivity index (χ1n) is 10.5. The van der Waals surface area contributed by atoms with Crippen molar-refractivity contribution in [2.24, 2.45) is 0 Å². The fraction of sp³-hybridized carbons (Fsp3) is 0.160. The lowest BCUT2D eigenvalue weighted by Crippen LogP contribution is -2.37.